The highest BCUT2D eigenvalue weighted by atomic mass is 16.3. The number of hydrogen-bond acceptors (Lipinski definition) is 3. The first-order chi connectivity index (χ1) is 7.72. The Bertz CT molecular complexity index is 388. The number of aryl methyl sites for hydroxylation is 1. The van der Waals surface area contributed by atoms with Gasteiger partial charge in [0.15, 0.2) is 0 Å². The van der Waals surface area contributed by atoms with E-state index in [-0.39, 0.29) is 12.5 Å². The van der Waals surface area contributed by atoms with E-state index >= 15 is 0 Å². The van der Waals surface area contributed by atoms with Crippen molar-refractivity contribution in [3.63, 3.8) is 0 Å². The van der Waals surface area contributed by atoms with Crippen LogP contribution in [0.2, 0.25) is 0 Å². The van der Waals surface area contributed by atoms with Gasteiger partial charge in [0.05, 0.1) is 6.61 Å². The average molecular weight is 220 g/mol. The molecule has 1 aliphatic rings. The van der Waals surface area contributed by atoms with E-state index in [9.17, 15) is 4.79 Å². The van der Waals surface area contributed by atoms with Gasteiger partial charge in [0.25, 0.3) is 5.91 Å². The Balaban J connectivity index is 2.15. The van der Waals surface area contributed by atoms with Gasteiger partial charge in [-0.05, 0) is 31.9 Å². The molecule has 1 saturated carbocycles. The second-order valence-corrected chi connectivity index (χ2v) is 4.12. The number of amides is 1. The van der Waals surface area contributed by atoms with Crippen LogP contribution in [0.3, 0.4) is 0 Å². The molecule has 86 valence electrons. The molecule has 0 unspecified atom stereocenters. The second-order valence-electron chi connectivity index (χ2n) is 4.12. The zero-order valence-electron chi connectivity index (χ0n) is 9.39. The first-order valence-corrected chi connectivity index (χ1v) is 5.58. The highest BCUT2D eigenvalue weighted by Gasteiger charge is 2.32. The molecule has 0 bridgehead atoms. The number of nitrogens with zero attached hydrogens (tertiary/aromatic N) is 2. The Hall–Kier alpha value is -1.42. The zero-order valence-corrected chi connectivity index (χ0v) is 9.39. The van der Waals surface area contributed by atoms with Crippen LogP contribution in [0.15, 0.2) is 18.2 Å². The molecule has 4 nitrogen and oxygen atoms in total. The molecule has 1 aromatic heterocycles. The summed E-state index contributed by atoms with van der Waals surface area (Å²) < 4.78 is 0. The molecule has 2 rings (SSSR count). The van der Waals surface area contributed by atoms with E-state index in [4.69, 9.17) is 5.11 Å². The van der Waals surface area contributed by atoms with Crippen LogP contribution in [-0.2, 0) is 0 Å². The maximum Gasteiger partial charge on any atom is 0.272 e. The quantitative estimate of drug-likeness (QED) is 0.823. The van der Waals surface area contributed by atoms with Gasteiger partial charge in [0.2, 0.25) is 0 Å². The first-order valence-electron chi connectivity index (χ1n) is 5.58. The fourth-order valence-electron chi connectivity index (χ4n) is 1.75. The Labute approximate surface area is 94.9 Å². The number of carbonyl (C=O) groups excluding carboxylic acids is 1. The van der Waals surface area contributed by atoms with E-state index in [0.717, 1.165) is 18.5 Å². The molecule has 4 heteroatoms. The Morgan fingerprint density at radius 1 is 1.56 bits per heavy atom. The van der Waals surface area contributed by atoms with Gasteiger partial charge in [-0.15, -0.1) is 0 Å². The topological polar surface area (TPSA) is 53.4 Å². The molecule has 1 amide bonds. The highest BCUT2D eigenvalue weighted by Crippen LogP contribution is 2.27. The molecule has 0 aliphatic heterocycles. The first kappa shape index (κ1) is 11.1. The van der Waals surface area contributed by atoms with Crippen molar-refractivity contribution in [2.45, 2.75) is 25.8 Å². The largest absolute Gasteiger partial charge is 0.395 e. The smallest absolute Gasteiger partial charge is 0.272 e. The fourth-order valence-corrected chi connectivity index (χ4v) is 1.75. The molecular weight excluding hydrogens is 204 g/mol. The van der Waals surface area contributed by atoms with Gasteiger partial charge in [-0.3, -0.25) is 4.79 Å². The van der Waals surface area contributed by atoms with E-state index in [2.05, 4.69) is 4.98 Å². The molecule has 0 spiro atoms. The third kappa shape index (κ3) is 2.39. The minimum Gasteiger partial charge on any atom is -0.395 e. The van der Waals surface area contributed by atoms with E-state index in [1.165, 1.54) is 0 Å². The lowest BCUT2D eigenvalue weighted by Gasteiger charge is -2.20. The van der Waals surface area contributed by atoms with E-state index in [1.54, 1.807) is 11.0 Å². The molecule has 1 fully saturated rings. The lowest BCUT2D eigenvalue weighted by atomic mass is 10.2. The third-order valence-corrected chi connectivity index (χ3v) is 2.70. The molecule has 16 heavy (non-hydrogen) atoms. The lowest BCUT2D eigenvalue weighted by Crippen LogP contribution is -2.36. The normalized spacial score (nSPS) is 14.9. The van der Waals surface area contributed by atoms with E-state index < -0.39 is 0 Å². The monoisotopic (exact) mass is 220 g/mol. The van der Waals surface area contributed by atoms with Crippen LogP contribution in [0, 0.1) is 6.92 Å². The standard InChI is InChI=1S/C12H16N2O2/c1-9-3-2-4-11(13-9)12(16)14(7-8-15)10-5-6-10/h2-4,10,15H,5-8H2,1H3. The number of aromatic nitrogens is 1. The predicted octanol–water partition coefficient (Wildman–Crippen LogP) is 0.987. The Kier molecular flexibility index (Phi) is 3.19. The molecule has 0 atom stereocenters. The summed E-state index contributed by atoms with van der Waals surface area (Å²) in [5.74, 6) is -0.0692. The SMILES string of the molecule is Cc1cccc(C(=O)N(CCO)C2CC2)n1. The van der Waals surface area contributed by atoms with Gasteiger partial charge in [-0.1, -0.05) is 6.07 Å². The molecule has 0 aromatic carbocycles. The summed E-state index contributed by atoms with van der Waals surface area (Å²) in [5.41, 5.74) is 1.31. The van der Waals surface area contributed by atoms with Crippen LogP contribution < -0.4 is 0 Å². The molecule has 1 N–H and O–H groups in total. The predicted molar refractivity (Wildman–Crippen MR) is 60.1 cm³/mol. The van der Waals surface area contributed by atoms with Gasteiger partial charge in [-0.25, -0.2) is 4.98 Å². The summed E-state index contributed by atoms with van der Waals surface area (Å²) in [4.78, 5) is 18.1. The molecule has 1 aliphatic carbocycles. The maximum atomic E-state index is 12.1. The molecule has 0 saturated heterocycles. The van der Waals surface area contributed by atoms with Gasteiger partial charge in [-0.2, -0.15) is 0 Å². The fraction of sp³-hybridized carbons (Fsp3) is 0.500. The number of aliphatic hydroxyl groups is 1. The lowest BCUT2D eigenvalue weighted by molar-refractivity contribution is 0.0701. The van der Waals surface area contributed by atoms with Crippen LogP contribution in [0.5, 0.6) is 0 Å². The molecular formula is C12H16N2O2. The highest BCUT2D eigenvalue weighted by molar-refractivity contribution is 5.92. The van der Waals surface area contributed by atoms with Gasteiger partial charge >= 0.3 is 0 Å². The molecule has 1 heterocycles. The van der Waals surface area contributed by atoms with Crippen LogP contribution >= 0.6 is 0 Å². The summed E-state index contributed by atoms with van der Waals surface area (Å²) in [6.07, 6.45) is 2.08. The minimum atomic E-state index is -0.0692. The number of aliphatic hydroxyl groups excluding tert-OH is 1. The molecule has 0 radical (unpaired) electrons. The second kappa shape index (κ2) is 4.61. The number of carbonyl (C=O) groups is 1. The van der Waals surface area contributed by atoms with Crippen molar-refractivity contribution in [3.05, 3.63) is 29.6 Å². The summed E-state index contributed by atoms with van der Waals surface area (Å²) >= 11 is 0. The minimum absolute atomic E-state index is 0.00799. The van der Waals surface area contributed by atoms with Crippen LogP contribution in [0.1, 0.15) is 29.0 Å². The Morgan fingerprint density at radius 3 is 2.88 bits per heavy atom. The average Bonchev–Trinajstić information content (AvgIpc) is 3.09. The van der Waals surface area contributed by atoms with Crippen molar-refractivity contribution in [1.82, 2.24) is 9.88 Å². The summed E-state index contributed by atoms with van der Waals surface area (Å²) in [6.45, 7) is 2.28. The van der Waals surface area contributed by atoms with Crippen molar-refractivity contribution < 1.29 is 9.90 Å². The van der Waals surface area contributed by atoms with Gasteiger partial charge in [0, 0.05) is 18.3 Å². The maximum absolute atomic E-state index is 12.1. The number of pyridine rings is 1. The summed E-state index contributed by atoms with van der Waals surface area (Å²) in [5, 5.41) is 8.95. The third-order valence-electron chi connectivity index (χ3n) is 2.70. The molecule has 1 aromatic rings. The van der Waals surface area contributed by atoms with E-state index in [0.29, 0.717) is 18.3 Å². The van der Waals surface area contributed by atoms with Crippen LogP contribution in [0.25, 0.3) is 0 Å². The number of rotatable bonds is 4. The van der Waals surface area contributed by atoms with Crippen molar-refractivity contribution in [3.8, 4) is 0 Å². The van der Waals surface area contributed by atoms with Crippen molar-refractivity contribution in [2.24, 2.45) is 0 Å². The van der Waals surface area contributed by atoms with Crippen molar-refractivity contribution in [2.75, 3.05) is 13.2 Å². The number of hydrogen-bond donors (Lipinski definition) is 1. The summed E-state index contributed by atoms with van der Waals surface area (Å²) in [7, 11) is 0. The van der Waals surface area contributed by atoms with Crippen LogP contribution in [-0.4, -0.2) is 40.1 Å². The van der Waals surface area contributed by atoms with Crippen molar-refractivity contribution >= 4 is 5.91 Å². The summed E-state index contributed by atoms with van der Waals surface area (Å²) in [6, 6.07) is 5.73. The van der Waals surface area contributed by atoms with Crippen LogP contribution in [0.4, 0.5) is 0 Å². The van der Waals surface area contributed by atoms with Gasteiger partial charge < -0.3 is 10.0 Å². The van der Waals surface area contributed by atoms with Crippen molar-refractivity contribution in [1.29, 1.82) is 0 Å². The zero-order chi connectivity index (χ0) is 11.5. The van der Waals surface area contributed by atoms with Gasteiger partial charge in [0.1, 0.15) is 5.69 Å². The van der Waals surface area contributed by atoms with E-state index in [1.807, 2.05) is 19.1 Å². The Morgan fingerprint density at radius 2 is 2.31 bits per heavy atom.